The van der Waals surface area contributed by atoms with Crippen LogP contribution in [0.3, 0.4) is 0 Å². The van der Waals surface area contributed by atoms with E-state index in [0.29, 0.717) is 10.0 Å². The Morgan fingerprint density at radius 2 is 2.08 bits per heavy atom. The first-order valence-corrected chi connectivity index (χ1v) is 5.66. The Morgan fingerprint density at radius 3 is 2.77 bits per heavy atom. The fraction of sp³-hybridized carbons (Fsp3) is 0.200. The van der Waals surface area contributed by atoms with Gasteiger partial charge in [-0.15, -0.1) is 11.3 Å². The fourth-order valence-corrected chi connectivity index (χ4v) is 2.81. The van der Waals surface area contributed by atoms with Crippen molar-refractivity contribution in [2.45, 2.75) is 13.3 Å². The van der Waals surface area contributed by atoms with E-state index < -0.39 is 0 Å². The van der Waals surface area contributed by atoms with Crippen molar-refractivity contribution >= 4 is 44.6 Å². The van der Waals surface area contributed by atoms with E-state index in [1.165, 1.54) is 10.3 Å². The highest BCUT2D eigenvalue weighted by Gasteiger charge is 2.06. The Hall–Kier alpha value is -0.240. The number of thiophene rings is 1. The van der Waals surface area contributed by atoms with Gasteiger partial charge in [0.25, 0.3) is 0 Å². The quantitative estimate of drug-likeness (QED) is 0.663. The van der Waals surface area contributed by atoms with Crippen LogP contribution in [0.4, 0.5) is 0 Å². The van der Waals surface area contributed by atoms with E-state index in [-0.39, 0.29) is 0 Å². The lowest BCUT2D eigenvalue weighted by Gasteiger charge is -1.94. The molecule has 0 spiro atoms. The van der Waals surface area contributed by atoms with Crippen molar-refractivity contribution in [1.82, 2.24) is 0 Å². The highest BCUT2D eigenvalue weighted by Crippen LogP contribution is 2.36. The van der Waals surface area contributed by atoms with E-state index in [1.807, 2.05) is 12.1 Å². The molecular weight excluding hydrogens is 223 g/mol. The first kappa shape index (κ1) is 9.32. The van der Waals surface area contributed by atoms with Crippen molar-refractivity contribution in [3.63, 3.8) is 0 Å². The van der Waals surface area contributed by atoms with Crippen LogP contribution in [0.5, 0.6) is 0 Å². The van der Waals surface area contributed by atoms with Gasteiger partial charge in [-0.1, -0.05) is 36.2 Å². The highest BCUT2D eigenvalue weighted by molar-refractivity contribution is 7.19. The van der Waals surface area contributed by atoms with Gasteiger partial charge in [0, 0.05) is 4.88 Å². The molecule has 0 radical (unpaired) electrons. The van der Waals surface area contributed by atoms with Gasteiger partial charge in [-0.25, -0.2) is 0 Å². The SMILES string of the molecule is CCc1cc2ccc(Cl)c(Cl)c2s1. The second kappa shape index (κ2) is 3.49. The molecule has 13 heavy (non-hydrogen) atoms. The van der Waals surface area contributed by atoms with Crippen LogP contribution in [-0.2, 0) is 6.42 Å². The molecule has 0 bridgehead atoms. The van der Waals surface area contributed by atoms with Crippen LogP contribution in [0.2, 0.25) is 10.0 Å². The van der Waals surface area contributed by atoms with E-state index in [0.717, 1.165) is 11.1 Å². The molecule has 1 aromatic carbocycles. The third-order valence-corrected chi connectivity index (χ3v) is 4.21. The third kappa shape index (κ3) is 1.56. The van der Waals surface area contributed by atoms with Crippen molar-refractivity contribution < 1.29 is 0 Å². The summed E-state index contributed by atoms with van der Waals surface area (Å²) < 4.78 is 1.10. The molecule has 2 aromatic rings. The van der Waals surface area contributed by atoms with Crippen molar-refractivity contribution in [2.75, 3.05) is 0 Å². The predicted molar refractivity (Wildman–Crippen MR) is 61.2 cm³/mol. The van der Waals surface area contributed by atoms with Gasteiger partial charge in [0.05, 0.1) is 14.7 Å². The molecule has 0 fully saturated rings. The number of rotatable bonds is 1. The van der Waals surface area contributed by atoms with Gasteiger partial charge in [0.15, 0.2) is 0 Å². The lowest BCUT2D eigenvalue weighted by atomic mass is 10.2. The lowest BCUT2D eigenvalue weighted by Crippen LogP contribution is -1.67. The lowest BCUT2D eigenvalue weighted by molar-refractivity contribution is 1.19. The van der Waals surface area contributed by atoms with E-state index in [2.05, 4.69) is 13.0 Å². The minimum absolute atomic E-state index is 0.638. The molecule has 0 nitrogen and oxygen atoms in total. The zero-order valence-corrected chi connectivity index (χ0v) is 9.43. The van der Waals surface area contributed by atoms with Crippen LogP contribution in [0.15, 0.2) is 18.2 Å². The Balaban J connectivity index is 2.76. The van der Waals surface area contributed by atoms with Gasteiger partial charge < -0.3 is 0 Å². The molecule has 0 atom stereocenters. The zero-order chi connectivity index (χ0) is 9.42. The maximum Gasteiger partial charge on any atom is 0.0770 e. The van der Waals surface area contributed by atoms with Crippen LogP contribution in [0.1, 0.15) is 11.8 Å². The van der Waals surface area contributed by atoms with Gasteiger partial charge in [-0.2, -0.15) is 0 Å². The number of halogens is 2. The van der Waals surface area contributed by atoms with Crippen LogP contribution < -0.4 is 0 Å². The number of hydrogen-bond acceptors (Lipinski definition) is 1. The van der Waals surface area contributed by atoms with Crippen LogP contribution in [-0.4, -0.2) is 0 Å². The summed E-state index contributed by atoms with van der Waals surface area (Å²) in [5.41, 5.74) is 0. The largest absolute Gasteiger partial charge is 0.139 e. The molecule has 68 valence electrons. The first-order valence-electron chi connectivity index (χ1n) is 4.08. The van der Waals surface area contributed by atoms with E-state index in [1.54, 1.807) is 11.3 Å². The summed E-state index contributed by atoms with van der Waals surface area (Å²) in [7, 11) is 0. The van der Waals surface area contributed by atoms with E-state index in [9.17, 15) is 0 Å². The molecule has 0 aliphatic rings. The minimum atomic E-state index is 0.638. The smallest absolute Gasteiger partial charge is 0.0770 e. The van der Waals surface area contributed by atoms with Gasteiger partial charge in [0.1, 0.15) is 0 Å². The summed E-state index contributed by atoms with van der Waals surface area (Å²) in [4.78, 5) is 1.35. The van der Waals surface area contributed by atoms with E-state index >= 15 is 0 Å². The predicted octanol–water partition coefficient (Wildman–Crippen LogP) is 4.77. The van der Waals surface area contributed by atoms with E-state index in [4.69, 9.17) is 23.2 Å². The van der Waals surface area contributed by atoms with Gasteiger partial charge >= 0.3 is 0 Å². The van der Waals surface area contributed by atoms with Crippen LogP contribution >= 0.6 is 34.5 Å². The third-order valence-electron chi connectivity index (χ3n) is 1.98. The monoisotopic (exact) mass is 230 g/mol. The average Bonchev–Trinajstić information content (AvgIpc) is 2.55. The van der Waals surface area contributed by atoms with Crippen molar-refractivity contribution in [3.8, 4) is 0 Å². The number of benzene rings is 1. The fourth-order valence-electron chi connectivity index (χ4n) is 1.27. The molecule has 0 saturated carbocycles. The molecular formula is C10H8Cl2S. The molecule has 0 unspecified atom stereocenters. The molecule has 0 amide bonds. The van der Waals surface area contributed by atoms with Gasteiger partial charge in [-0.3, -0.25) is 0 Å². The summed E-state index contributed by atoms with van der Waals surface area (Å²) in [5, 5.41) is 2.51. The normalized spacial score (nSPS) is 11.0. The van der Waals surface area contributed by atoms with Crippen molar-refractivity contribution in [3.05, 3.63) is 33.1 Å². The average molecular weight is 231 g/mol. The topological polar surface area (TPSA) is 0 Å². The Labute approximate surface area is 91.1 Å². The maximum absolute atomic E-state index is 6.07. The molecule has 1 heterocycles. The molecule has 2 rings (SSSR count). The van der Waals surface area contributed by atoms with Crippen LogP contribution in [0, 0.1) is 0 Å². The second-order valence-electron chi connectivity index (χ2n) is 2.85. The Kier molecular flexibility index (Phi) is 2.50. The zero-order valence-electron chi connectivity index (χ0n) is 7.10. The first-order chi connectivity index (χ1) is 6.22. The van der Waals surface area contributed by atoms with Gasteiger partial charge in [0.2, 0.25) is 0 Å². The molecule has 3 heteroatoms. The summed E-state index contributed by atoms with van der Waals surface area (Å²) in [6.07, 6.45) is 1.05. The summed E-state index contributed by atoms with van der Waals surface area (Å²) >= 11 is 13.7. The highest BCUT2D eigenvalue weighted by atomic mass is 35.5. The number of fused-ring (bicyclic) bond motifs is 1. The maximum atomic E-state index is 6.07. The standard InChI is InChI=1S/C10H8Cl2S/c1-2-7-5-6-3-4-8(11)9(12)10(6)13-7/h3-5H,2H2,1H3. The summed E-state index contributed by atoms with van der Waals surface area (Å²) in [6.45, 7) is 2.14. The van der Waals surface area contributed by atoms with Crippen molar-refractivity contribution in [2.24, 2.45) is 0 Å². The van der Waals surface area contributed by atoms with Crippen molar-refractivity contribution in [1.29, 1.82) is 0 Å². The minimum Gasteiger partial charge on any atom is -0.139 e. The number of aryl methyl sites for hydroxylation is 1. The van der Waals surface area contributed by atoms with Gasteiger partial charge in [-0.05, 0) is 23.9 Å². The number of hydrogen-bond donors (Lipinski definition) is 0. The summed E-state index contributed by atoms with van der Waals surface area (Å²) in [5.74, 6) is 0. The summed E-state index contributed by atoms with van der Waals surface area (Å²) in [6, 6.07) is 6.03. The second-order valence-corrected chi connectivity index (χ2v) is 4.77. The molecule has 0 N–H and O–H groups in total. The Bertz CT molecular complexity index is 445. The van der Waals surface area contributed by atoms with Crippen LogP contribution in [0.25, 0.3) is 10.1 Å². The molecule has 0 aliphatic heterocycles. The molecule has 0 aliphatic carbocycles. The Morgan fingerprint density at radius 1 is 1.31 bits per heavy atom. The molecule has 1 aromatic heterocycles. The molecule has 0 saturated heterocycles.